The Morgan fingerprint density at radius 2 is 1.72 bits per heavy atom. The number of halogens is 4. The lowest BCUT2D eigenvalue weighted by Gasteiger charge is -2.31. The van der Waals surface area contributed by atoms with Crippen LogP contribution in [0.4, 0.5) is 29.2 Å². The van der Waals surface area contributed by atoms with Gasteiger partial charge in [0, 0.05) is 35.9 Å². The average Bonchev–Trinajstić information content (AvgIpc) is 3.00. The summed E-state index contributed by atoms with van der Waals surface area (Å²) >= 11 is 0. The van der Waals surface area contributed by atoms with Crippen LogP contribution in [0.3, 0.4) is 0 Å². The third-order valence-electron chi connectivity index (χ3n) is 8.11. The zero-order valence-corrected chi connectivity index (χ0v) is 26.6. The number of benzene rings is 2. The lowest BCUT2D eigenvalue weighted by molar-refractivity contribution is 0.215. The second-order valence-electron chi connectivity index (χ2n) is 12.0. The molecule has 0 saturated heterocycles. The van der Waals surface area contributed by atoms with Crippen LogP contribution in [0.15, 0.2) is 52.4 Å². The molecule has 0 spiro atoms. The number of hydrogen-bond donors (Lipinski definition) is 1. The average molecular weight is 659 g/mol. The van der Waals surface area contributed by atoms with E-state index in [9.17, 15) is 17.6 Å². The molecule has 4 aromatic rings. The minimum Gasteiger partial charge on any atom is -0.306 e. The molecule has 1 fully saturated rings. The van der Waals surface area contributed by atoms with E-state index in [0.29, 0.717) is 12.1 Å². The van der Waals surface area contributed by atoms with Crippen LogP contribution in [0.1, 0.15) is 51.1 Å². The number of sulfonamides is 1. The van der Waals surface area contributed by atoms with E-state index in [-0.39, 0.29) is 28.5 Å². The molecule has 9 nitrogen and oxygen atoms in total. The fourth-order valence-corrected chi connectivity index (χ4v) is 6.88. The van der Waals surface area contributed by atoms with E-state index in [1.807, 2.05) is 10.9 Å². The molecule has 14 heteroatoms. The maximum Gasteiger partial charge on any atom is 0.260 e. The van der Waals surface area contributed by atoms with Crippen molar-refractivity contribution in [3.8, 4) is 11.1 Å². The quantitative estimate of drug-likeness (QED) is 0.127. The SMILES string of the molecule is CC(C)n1c(=O)c(-c2c(F)cc(NS(=O)(=O)Cc3ccc(F)cc3)c(F)c2F)cc2cnc(N=CC3CCC(N(C)C)CC3)nc21. The van der Waals surface area contributed by atoms with Crippen LogP contribution in [0.5, 0.6) is 0 Å². The normalized spacial score (nSPS) is 17.4. The molecule has 1 aliphatic carbocycles. The van der Waals surface area contributed by atoms with Crippen molar-refractivity contribution < 1.29 is 26.0 Å². The van der Waals surface area contributed by atoms with Gasteiger partial charge < -0.3 is 4.90 Å². The van der Waals surface area contributed by atoms with Gasteiger partial charge in [-0.05, 0) is 83.3 Å². The van der Waals surface area contributed by atoms with E-state index in [1.54, 1.807) is 13.8 Å². The molecule has 0 radical (unpaired) electrons. The molecule has 2 aromatic heterocycles. The van der Waals surface area contributed by atoms with Crippen molar-refractivity contribution in [2.24, 2.45) is 10.9 Å². The van der Waals surface area contributed by atoms with Gasteiger partial charge in [-0.2, -0.15) is 4.98 Å². The first-order chi connectivity index (χ1) is 21.7. The number of anilines is 1. The number of aromatic nitrogens is 3. The predicted molar refractivity (Wildman–Crippen MR) is 170 cm³/mol. The standard InChI is InChI=1S/C32H34F4N6O3S/c1-18(2)42-30-21(16-38-32(39-30)37-15-19-7-11-23(12-8-19)41(3)4)13-24(31(42)43)27-25(34)14-26(28(35)29(27)36)40-46(44,45)17-20-5-9-22(33)10-6-20/h5-6,9-10,13-16,18-19,23,40H,7-8,11-12,17H2,1-4H3. The van der Waals surface area contributed by atoms with E-state index in [4.69, 9.17) is 0 Å². The van der Waals surface area contributed by atoms with Gasteiger partial charge in [-0.3, -0.25) is 14.1 Å². The lowest BCUT2D eigenvalue weighted by atomic mass is 9.86. The van der Waals surface area contributed by atoms with E-state index in [2.05, 4.69) is 34.0 Å². The largest absolute Gasteiger partial charge is 0.306 e. The van der Waals surface area contributed by atoms with Crippen molar-refractivity contribution in [2.45, 2.75) is 57.4 Å². The second-order valence-corrected chi connectivity index (χ2v) is 13.7. The molecule has 46 heavy (non-hydrogen) atoms. The molecule has 2 aromatic carbocycles. The number of nitrogens with one attached hydrogen (secondary N) is 1. The minimum atomic E-state index is -4.35. The highest BCUT2D eigenvalue weighted by Crippen LogP contribution is 2.33. The van der Waals surface area contributed by atoms with Crippen molar-refractivity contribution in [2.75, 3.05) is 18.8 Å². The third kappa shape index (κ3) is 7.12. The van der Waals surface area contributed by atoms with Gasteiger partial charge in [-0.15, -0.1) is 0 Å². The fourth-order valence-electron chi connectivity index (χ4n) is 5.69. The summed E-state index contributed by atoms with van der Waals surface area (Å²) in [6, 6.07) is 6.18. The molecule has 0 bridgehead atoms. The molecule has 1 saturated carbocycles. The Kier molecular flexibility index (Phi) is 9.59. The predicted octanol–water partition coefficient (Wildman–Crippen LogP) is 6.36. The van der Waals surface area contributed by atoms with Gasteiger partial charge in [0.2, 0.25) is 10.0 Å². The Balaban J connectivity index is 1.47. The molecule has 1 N–H and O–H groups in total. The molecule has 0 atom stereocenters. The zero-order valence-electron chi connectivity index (χ0n) is 25.8. The Morgan fingerprint density at radius 3 is 2.35 bits per heavy atom. The van der Waals surface area contributed by atoms with Crippen LogP contribution >= 0.6 is 0 Å². The molecule has 244 valence electrons. The van der Waals surface area contributed by atoms with E-state index < -0.39 is 67.5 Å². The number of pyridine rings is 1. The molecule has 0 amide bonds. The zero-order chi connectivity index (χ0) is 33.3. The fraction of sp³-hybridized carbons (Fsp3) is 0.375. The molecule has 2 heterocycles. The molecule has 0 unspecified atom stereocenters. The van der Waals surface area contributed by atoms with Gasteiger partial charge in [0.05, 0.1) is 22.6 Å². The lowest BCUT2D eigenvalue weighted by Crippen LogP contribution is -2.32. The first-order valence-electron chi connectivity index (χ1n) is 14.8. The minimum absolute atomic E-state index is 0.129. The highest BCUT2D eigenvalue weighted by Gasteiger charge is 2.27. The van der Waals surface area contributed by atoms with Crippen molar-refractivity contribution in [3.05, 3.63) is 81.8 Å². The van der Waals surface area contributed by atoms with Gasteiger partial charge in [0.25, 0.3) is 11.5 Å². The van der Waals surface area contributed by atoms with Crippen LogP contribution in [0, 0.1) is 29.2 Å². The number of hydrogen-bond acceptors (Lipinski definition) is 7. The summed E-state index contributed by atoms with van der Waals surface area (Å²) in [6.07, 6.45) is 7.25. The Hall–Kier alpha value is -4.17. The summed E-state index contributed by atoms with van der Waals surface area (Å²) in [7, 11) is -0.215. The van der Waals surface area contributed by atoms with Crippen LogP contribution in [0.2, 0.25) is 0 Å². The topological polar surface area (TPSA) is 110 Å². The first-order valence-corrected chi connectivity index (χ1v) is 16.4. The summed E-state index contributed by atoms with van der Waals surface area (Å²) in [5, 5.41) is 0.261. The maximum atomic E-state index is 15.5. The number of fused-ring (bicyclic) bond motifs is 1. The van der Waals surface area contributed by atoms with Crippen LogP contribution < -0.4 is 10.3 Å². The van der Waals surface area contributed by atoms with Gasteiger partial charge in [-0.25, -0.2) is 36.0 Å². The molecule has 1 aliphatic rings. The Morgan fingerprint density at radius 1 is 1.04 bits per heavy atom. The van der Waals surface area contributed by atoms with Crippen molar-refractivity contribution >= 4 is 38.9 Å². The van der Waals surface area contributed by atoms with Crippen LogP contribution in [-0.4, -0.2) is 54.2 Å². The molecular weight excluding hydrogens is 624 g/mol. The smallest absolute Gasteiger partial charge is 0.260 e. The summed E-state index contributed by atoms with van der Waals surface area (Å²) in [5.74, 6) is -5.71. The highest BCUT2D eigenvalue weighted by atomic mass is 32.2. The summed E-state index contributed by atoms with van der Waals surface area (Å²) < 4.78 is 87.6. The van der Waals surface area contributed by atoms with Gasteiger partial charge >= 0.3 is 0 Å². The van der Waals surface area contributed by atoms with Gasteiger partial charge in [-0.1, -0.05) is 12.1 Å². The summed E-state index contributed by atoms with van der Waals surface area (Å²) in [6.45, 7) is 3.37. The van der Waals surface area contributed by atoms with E-state index >= 15 is 13.2 Å². The first kappa shape index (κ1) is 33.2. The summed E-state index contributed by atoms with van der Waals surface area (Å²) in [5.41, 5.74) is -2.91. The summed E-state index contributed by atoms with van der Waals surface area (Å²) in [4.78, 5) is 29.0. The van der Waals surface area contributed by atoms with Crippen LogP contribution in [0.25, 0.3) is 22.2 Å². The van der Waals surface area contributed by atoms with Crippen LogP contribution in [-0.2, 0) is 15.8 Å². The molecule has 5 rings (SSSR count). The third-order valence-corrected chi connectivity index (χ3v) is 9.36. The number of aliphatic imine (C=N–C) groups is 1. The highest BCUT2D eigenvalue weighted by molar-refractivity contribution is 7.91. The molecule has 0 aliphatic heterocycles. The second kappa shape index (κ2) is 13.3. The van der Waals surface area contributed by atoms with Gasteiger partial charge in [0.15, 0.2) is 11.6 Å². The van der Waals surface area contributed by atoms with Gasteiger partial charge in [0.1, 0.15) is 17.3 Å². The van der Waals surface area contributed by atoms with E-state index in [1.165, 1.54) is 29.0 Å². The number of rotatable bonds is 9. The molecular formula is C32H34F4N6O3S. The van der Waals surface area contributed by atoms with Crippen molar-refractivity contribution in [1.82, 2.24) is 19.4 Å². The number of nitrogens with zero attached hydrogens (tertiary/aromatic N) is 5. The Labute approximate surface area is 264 Å². The Bertz CT molecular complexity index is 1960. The monoisotopic (exact) mass is 658 g/mol. The van der Waals surface area contributed by atoms with Crippen molar-refractivity contribution in [1.29, 1.82) is 0 Å². The van der Waals surface area contributed by atoms with Crippen molar-refractivity contribution in [3.63, 3.8) is 0 Å². The maximum absolute atomic E-state index is 15.5. The van der Waals surface area contributed by atoms with E-state index in [0.717, 1.165) is 37.8 Å².